The van der Waals surface area contributed by atoms with Crippen LogP contribution in [-0.4, -0.2) is 28.3 Å². The number of anilines is 1. The molecule has 1 amide bonds. The Hall–Kier alpha value is -0.880. The molecule has 0 aliphatic carbocycles. The van der Waals surface area contributed by atoms with E-state index >= 15 is 0 Å². The summed E-state index contributed by atoms with van der Waals surface area (Å²) >= 11 is 3.43. The van der Waals surface area contributed by atoms with Crippen LogP contribution >= 0.6 is 15.9 Å². The van der Waals surface area contributed by atoms with Gasteiger partial charge in [-0.05, 0) is 48.5 Å². The molecule has 1 fully saturated rings. The third-order valence-electron chi connectivity index (χ3n) is 3.40. The van der Waals surface area contributed by atoms with Crippen LogP contribution in [0.5, 0.6) is 0 Å². The Labute approximate surface area is 121 Å². The van der Waals surface area contributed by atoms with Crippen LogP contribution < -0.4 is 5.32 Å². The number of carbonyl (C=O) groups excluding carboxylic acids is 1. The van der Waals surface area contributed by atoms with E-state index in [0.717, 1.165) is 35.8 Å². The normalized spacial score (nSPS) is 22.7. The van der Waals surface area contributed by atoms with E-state index in [4.69, 9.17) is 4.74 Å². The molecule has 0 bridgehead atoms. The largest absolute Gasteiger partial charge is 0.375 e. The highest BCUT2D eigenvalue weighted by atomic mass is 79.9. The quantitative estimate of drug-likeness (QED) is 0.872. The third-order valence-corrected chi connectivity index (χ3v) is 4.25. The van der Waals surface area contributed by atoms with E-state index in [1.165, 1.54) is 0 Å². The molecule has 2 heterocycles. The van der Waals surface area contributed by atoms with Crippen molar-refractivity contribution in [3.05, 3.63) is 10.2 Å². The van der Waals surface area contributed by atoms with Gasteiger partial charge in [-0.25, -0.2) is 0 Å². The summed E-state index contributed by atoms with van der Waals surface area (Å²) in [6, 6.07) is 0. The van der Waals surface area contributed by atoms with Gasteiger partial charge in [0.1, 0.15) is 0 Å². The summed E-state index contributed by atoms with van der Waals surface area (Å²) in [5.74, 6) is 0.556. The van der Waals surface area contributed by atoms with Crippen LogP contribution in [0.15, 0.2) is 4.47 Å². The van der Waals surface area contributed by atoms with Crippen molar-refractivity contribution in [2.24, 2.45) is 0 Å². The van der Waals surface area contributed by atoms with Crippen LogP contribution in [0.25, 0.3) is 0 Å². The van der Waals surface area contributed by atoms with E-state index in [0.29, 0.717) is 18.3 Å². The van der Waals surface area contributed by atoms with Crippen molar-refractivity contribution in [1.82, 2.24) is 10.2 Å². The average molecular weight is 330 g/mol. The Morgan fingerprint density at radius 3 is 2.95 bits per heavy atom. The summed E-state index contributed by atoms with van der Waals surface area (Å²) in [7, 11) is 0. The second kappa shape index (κ2) is 6.52. The molecular weight excluding hydrogens is 310 g/mol. The molecule has 0 aromatic carbocycles. The molecule has 5 nitrogen and oxygen atoms in total. The summed E-state index contributed by atoms with van der Waals surface area (Å²) in [6.45, 7) is 4.11. The number of halogens is 1. The van der Waals surface area contributed by atoms with Gasteiger partial charge >= 0.3 is 0 Å². The highest BCUT2D eigenvalue weighted by Crippen LogP contribution is 2.25. The number of aryl methyl sites for hydroxylation is 1. The zero-order valence-corrected chi connectivity index (χ0v) is 12.9. The highest BCUT2D eigenvalue weighted by Gasteiger charge is 2.22. The lowest BCUT2D eigenvalue weighted by Gasteiger charge is -2.10. The van der Waals surface area contributed by atoms with Crippen molar-refractivity contribution in [3.63, 3.8) is 0 Å². The Morgan fingerprint density at radius 2 is 2.37 bits per heavy atom. The minimum atomic E-state index is -0.0157. The fraction of sp³-hybridized carbons (Fsp3) is 0.692. The summed E-state index contributed by atoms with van der Waals surface area (Å²) in [5.41, 5.74) is 0.989. The second-order valence-corrected chi connectivity index (χ2v) is 5.74. The molecule has 6 heteroatoms. The first-order valence-electron chi connectivity index (χ1n) is 6.78. The van der Waals surface area contributed by atoms with Crippen molar-refractivity contribution in [3.8, 4) is 0 Å². The number of aromatic amines is 1. The lowest BCUT2D eigenvalue weighted by molar-refractivity contribution is -0.116. The zero-order chi connectivity index (χ0) is 13.8. The van der Waals surface area contributed by atoms with Gasteiger partial charge in [0, 0.05) is 6.42 Å². The Bertz CT molecular complexity index is 447. The molecule has 0 unspecified atom stereocenters. The van der Waals surface area contributed by atoms with Crippen LogP contribution in [0.3, 0.4) is 0 Å². The van der Waals surface area contributed by atoms with Gasteiger partial charge in [0.05, 0.1) is 22.4 Å². The maximum absolute atomic E-state index is 11.9. The molecule has 0 radical (unpaired) electrons. The van der Waals surface area contributed by atoms with Gasteiger partial charge in [-0.15, -0.1) is 0 Å². The number of aromatic nitrogens is 2. The smallest absolute Gasteiger partial charge is 0.225 e. The summed E-state index contributed by atoms with van der Waals surface area (Å²) in [4.78, 5) is 11.9. The van der Waals surface area contributed by atoms with E-state index in [-0.39, 0.29) is 12.0 Å². The highest BCUT2D eigenvalue weighted by molar-refractivity contribution is 9.10. The molecule has 0 spiro atoms. The van der Waals surface area contributed by atoms with Gasteiger partial charge < -0.3 is 10.1 Å². The van der Waals surface area contributed by atoms with Crippen LogP contribution in [0.4, 0.5) is 5.82 Å². The Balaban J connectivity index is 1.79. The van der Waals surface area contributed by atoms with Crippen LogP contribution in [0.1, 0.15) is 45.2 Å². The molecule has 19 heavy (non-hydrogen) atoms. The third kappa shape index (κ3) is 3.79. The molecule has 1 saturated heterocycles. The number of nitrogens with one attached hydrogen (secondary N) is 2. The van der Waals surface area contributed by atoms with E-state index in [1.807, 2.05) is 6.92 Å². The Morgan fingerprint density at radius 1 is 1.58 bits per heavy atom. The molecule has 2 atom stereocenters. The number of hydrogen-bond acceptors (Lipinski definition) is 3. The van der Waals surface area contributed by atoms with Crippen molar-refractivity contribution in [2.75, 3.05) is 5.32 Å². The van der Waals surface area contributed by atoms with Gasteiger partial charge in [0.2, 0.25) is 5.91 Å². The van der Waals surface area contributed by atoms with E-state index in [2.05, 4.69) is 38.4 Å². The molecule has 2 rings (SSSR count). The van der Waals surface area contributed by atoms with Gasteiger partial charge in [-0.3, -0.25) is 9.89 Å². The molecule has 2 N–H and O–H groups in total. The van der Waals surface area contributed by atoms with Gasteiger partial charge in [0.15, 0.2) is 5.82 Å². The maximum atomic E-state index is 11.9. The van der Waals surface area contributed by atoms with Gasteiger partial charge in [0.25, 0.3) is 0 Å². The van der Waals surface area contributed by atoms with Crippen molar-refractivity contribution in [1.29, 1.82) is 0 Å². The zero-order valence-electron chi connectivity index (χ0n) is 11.3. The lowest BCUT2D eigenvalue weighted by atomic mass is 10.1. The second-order valence-electron chi connectivity index (χ2n) is 4.95. The minimum Gasteiger partial charge on any atom is -0.375 e. The van der Waals surface area contributed by atoms with Gasteiger partial charge in [-0.2, -0.15) is 5.10 Å². The number of amides is 1. The summed E-state index contributed by atoms with van der Waals surface area (Å²) in [6.07, 6.45) is 4.81. The first-order chi connectivity index (χ1) is 9.10. The number of carbonyl (C=O) groups is 1. The predicted molar refractivity (Wildman–Crippen MR) is 77.1 cm³/mol. The topological polar surface area (TPSA) is 67.0 Å². The molecule has 1 aliphatic heterocycles. The number of hydrogen-bond donors (Lipinski definition) is 2. The number of H-pyrrole nitrogens is 1. The SMILES string of the molecule is CCc1[nH]nc(NC(=O)CC[C@H]2CC[C@@H](C)O2)c1Br. The van der Waals surface area contributed by atoms with Crippen LogP contribution in [0.2, 0.25) is 0 Å². The molecule has 106 valence electrons. The molecule has 0 saturated carbocycles. The molecule has 1 aromatic rings. The standard InChI is InChI=1S/C13H20BrN3O2/c1-3-10-12(14)13(17-16-10)15-11(18)7-6-9-5-4-8(2)19-9/h8-9H,3-7H2,1-2H3,(H2,15,16,17,18)/t8-,9-/m1/s1. The average Bonchev–Trinajstić information content (AvgIpc) is 2.95. The maximum Gasteiger partial charge on any atom is 0.225 e. The van der Waals surface area contributed by atoms with E-state index in [1.54, 1.807) is 0 Å². The predicted octanol–water partition coefficient (Wildman–Crippen LogP) is 3.02. The molecule has 1 aliphatic rings. The summed E-state index contributed by atoms with van der Waals surface area (Å²) < 4.78 is 6.54. The van der Waals surface area contributed by atoms with E-state index in [9.17, 15) is 4.79 Å². The summed E-state index contributed by atoms with van der Waals surface area (Å²) in [5, 5.41) is 9.80. The fourth-order valence-electron chi connectivity index (χ4n) is 2.27. The van der Waals surface area contributed by atoms with E-state index < -0.39 is 0 Å². The van der Waals surface area contributed by atoms with Crippen LogP contribution in [0, 0.1) is 0 Å². The first kappa shape index (κ1) is 14.5. The monoisotopic (exact) mass is 329 g/mol. The number of rotatable bonds is 5. The molecule has 1 aromatic heterocycles. The van der Waals surface area contributed by atoms with Crippen LogP contribution in [-0.2, 0) is 16.0 Å². The van der Waals surface area contributed by atoms with Crippen molar-refractivity contribution in [2.45, 2.75) is 58.2 Å². The lowest BCUT2D eigenvalue weighted by Crippen LogP contribution is -2.16. The van der Waals surface area contributed by atoms with Crippen molar-refractivity contribution < 1.29 is 9.53 Å². The fourth-order valence-corrected chi connectivity index (χ4v) is 2.82. The number of ether oxygens (including phenoxy) is 1. The Kier molecular flexibility index (Phi) is 4.99. The van der Waals surface area contributed by atoms with Crippen molar-refractivity contribution >= 4 is 27.7 Å². The first-order valence-corrected chi connectivity index (χ1v) is 7.57. The number of nitrogens with zero attached hydrogens (tertiary/aromatic N) is 1. The minimum absolute atomic E-state index is 0.0157. The molecular formula is C13H20BrN3O2. The van der Waals surface area contributed by atoms with Gasteiger partial charge in [-0.1, -0.05) is 6.92 Å².